The molecule has 3 heterocycles. The van der Waals surface area contributed by atoms with Crippen LogP contribution in [-0.4, -0.2) is 58.2 Å². The minimum atomic E-state index is -0.945. The van der Waals surface area contributed by atoms with E-state index in [2.05, 4.69) is 20.3 Å². The van der Waals surface area contributed by atoms with E-state index in [4.69, 9.17) is 4.74 Å². The first-order chi connectivity index (χ1) is 15.4. The largest absolute Gasteiger partial charge is 0.378 e. The second-order valence-corrected chi connectivity index (χ2v) is 8.50. The van der Waals surface area contributed by atoms with Gasteiger partial charge < -0.3 is 10.1 Å². The van der Waals surface area contributed by atoms with Gasteiger partial charge in [0.15, 0.2) is 0 Å². The van der Waals surface area contributed by atoms with Gasteiger partial charge in [-0.2, -0.15) is 4.98 Å². The maximum absolute atomic E-state index is 15.1. The number of anilines is 2. The minimum Gasteiger partial charge on any atom is -0.378 e. The number of hydrogen-bond acceptors (Lipinski definition) is 5. The van der Waals surface area contributed by atoms with Gasteiger partial charge in [0.05, 0.1) is 24.9 Å². The highest BCUT2D eigenvalue weighted by atomic mass is 19.1. The number of aromatic nitrogens is 3. The zero-order valence-electron chi connectivity index (χ0n) is 17.6. The van der Waals surface area contributed by atoms with Gasteiger partial charge in [-0.1, -0.05) is 6.07 Å². The molecule has 2 aliphatic rings. The molecule has 5 rings (SSSR count). The highest BCUT2D eigenvalue weighted by Gasteiger charge is 2.36. The molecule has 1 unspecified atom stereocenters. The summed E-state index contributed by atoms with van der Waals surface area (Å²) in [5, 5.41) is 7.38. The maximum Gasteiger partial charge on any atom is 0.246 e. The summed E-state index contributed by atoms with van der Waals surface area (Å²) in [5.74, 6) is -1.27. The Kier molecular flexibility index (Phi) is 5.60. The van der Waals surface area contributed by atoms with Gasteiger partial charge in [-0.15, -0.1) is 5.10 Å². The van der Waals surface area contributed by atoms with Crippen LogP contribution in [0.15, 0.2) is 42.7 Å². The zero-order chi connectivity index (χ0) is 22.2. The number of piperidine rings is 1. The monoisotopic (exact) mass is 443 g/mol. The third-order valence-corrected chi connectivity index (χ3v) is 6.10. The molecule has 1 N–H and O–H groups in total. The molecule has 0 amide bonds. The number of hydrogen-bond donors (Lipinski definition) is 1. The van der Waals surface area contributed by atoms with E-state index >= 15 is 4.39 Å². The molecule has 6 nitrogen and oxygen atoms in total. The van der Waals surface area contributed by atoms with Crippen molar-refractivity contribution < 1.29 is 17.9 Å². The van der Waals surface area contributed by atoms with E-state index in [9.17, 15) is 8.78 Å². The number of likely N-dealkylation sites (tertiary alicyclic amines) is 1. The Labute approximate surface area is 184 Å². The Morgan fingerprint density at radius 2 is 1.84 bits per heavy atom. The number of alkyl halides is 1. The molecular formula is C23H24F3N5O. The van der Waals surface area contributed by atoms with Crippen LogP contribution in [0.1, 0.15) is 23.5 Å². The van der Waals surface area contributed by atoms with E-state index in [1.54, 1.807) is 0 Å². The molecule has 3 aromatic rings. The van der Waals surface area contributed by atoms with Crippen molar-refractivity contribution in [1.82, 2.24) is 19.7 Å². The van der Waals surface area contributed by atoms with Crippen LogP contribution in [0.3, 0.4) is 0 Å². The van der Waals surface area contributed by atoms with Crippen molar-refractivity contribution in [1.29, 1.82) is 0 Å². The summed E-state index contributed by atoms with van der Waals surface area (Å²) in [6, 6.07) is 9.38. The van der Waals surface area contributed by atoms with Crippen LogP contribution in [0.4, 0.5) is 24.8 Å². The zero-order valence-corrected chi connectivity index (χ0v) is 17.6. The van der Waals surface area contributed by atoms with Crippen molar-refractivity contribution in [2.24, 2.45) is 0 Å². The second-order valence-electron chi connectivity index (χ2n) is 8.50. The number of rotatable bonds is 5. The van der Waals surface area contributed by atoms with Gasteiger partial charge >= 0.3 is 0 Å². The molecule has 2 saturated heterocycles. The van der Waals surface area contributed by atoms with E-state index in [1.165, 1.54) is 23.1 Å². The van der Waals surface area contributed by atoms with Crippen molar-refractivity contribution in [3.05, 3.63) is 65.5 Å². The lowest BCUT2D eigenvalue weighted by molar-refractivity contribution is -0.0806. The van der Waals surface area contributed by atoms with Gasteiger partial charge in [0.2, 0.25) is 5.95 Å². The summed E-state index contributed by atoms with van der Waals surface area (Å²) in [7, 11) is 0. The lowest BCUT2D eigenvalue weighted by Gasteiger charge is -2.43. The fourth-order valence-electron chi connectivity index (χ4n) is 4.41. The molecule has 0 spiro atoms. The molecule has 2 aromatic carbocycles. The van der Waals surface area contributed by atoms with Crippen LogP contribution in [0.2, 0.25) is 0 Å². The van der Waals surface area contributed by atoms with Crippen LogP contribution < -0.4 is 5.32 Å². The van der Waals surface area contributed by atoms with Crippen LogP contribution in [-0.2, 0) is 4.74 Å². The smallest absolute Gasteiger partial charge is 0.246 e. The Hall–Kier alpha value is -2.91. The SMILES string of the molecule is Cc1cc(Nc2ncn(-c3cc(F)cc(F)c3)n2)cc([C@@H]2CCN(C3COC3)CC2F)c1. The van der Waals surface area contributed by atoms with E-state index < -0.39 is 17.8 Å². The minimum absolute atomic E-state index is 0.173. The van der Waals surface area contributed by atoms with Gasteiger partial charge in [-0.25, -0.2) is 17.9 Å². The first-order valence-corrected chi connectivity index (χ1v) is 10.7. The van der Waals surface area contributed by atoms with E-state index in [-0.39, 0.29) is 17.6 Å². The molecule has 32 heavy (non-hydrogen) atoms. The maximum atomic E-state index is 15.1. The van der Waals surface area contributed by atoms with Gasteiger partial charge in [-0.3, -0.25) is 4.90 Å². The molecule has 9 heteroatoms. The van der Waals surface area contributed by atoms with Crippen LogP contribution >= 0.6 is 0 Å². The fraction of sp³-hybridized carbons (Fsp3) is 0.391. The number of halogens is 3. The lowest BCUT2D eigenvalue weighted by atomic mass is 9.86. The quantitative estimate of drug-likeness (QED) is 0.643. The summed E-state index contributed by atoms with van der Waals surface area (Å²) < 4.78 is 48.6. The average molecular weight is 443 g/mol. The van der Waals surface area contributed by atoms with Crippen molar-refractivity contribution in [3.8, 4) is 5.69 Å². The first kappa shape index (κ1) is 21.0. The summed E-state index contributed by atoms with van der Waals surface area (Å²) >= 11 is 0. The summed E-state index contributed by atoms with van der Waals surface area (Å²) in [5.41, 5.74) is 2.91. The van der Waals surface area contributed by atoms with E-state index in [1.807, 2.05) is 25.1 Å². The predicted molar refractivity (Wildman–Crippen MR) is 114 cm³/mol. The number of nitrogens with one attached hydrogen (secondary N) is 1. The molecule has 168 valence electrons. The molecule has 0 saturated carbocycles. The molecule has 1 aromatic heterocycles. The molecular weight excluding hydrogens is 419 g/mol. The highest BCUT2D eigenvalue weighted by Crippen LogP contribution is 2.34. The number of benzene rings is 2. The third kappa shape index (κ3) is 4.35. The molecule has 0 bridgehead atoms. The van der Waals surface area contributed by atoms with Crippen molar-refractivity contribution in [2.45, 2.75) is 31.5 Å². The molecule has 2 aliphatic heterocycles. The fourth-order valence-corrected chi connectivity index (χ4v) is 4.41. The van der Waals surface area contributed by atoms with Gasteiger partial charge in [0.25, 0.3) is 0 Å². The summed E-state index contributed by atoms with van der Waals surface area (Å²) in [6.07, 6.45) is 1.18. The van der Waals surface area contributed by atoms with Crippen LogP contribution in [0.5, 0.6) is 0 Å². The van der Waals surface area contributed by atoms with Crippen molar-refractivity contribution in [3.63, 3.8) is 0 Å². The lowest BCUT2D eigenvalue weighted by Crippen LogP contribution is -2.54. The first-order valence-electron chi connectivity index (χ1n) is 10.7. The van der Waals surface area contributed by atoms with E-state index in [0.717, 1.165) is 35.8 Å². The highest BCUT2D eigenvalue weighted by molar-refractivity contribution is 5.56. The molecule has 2 fully saturated rings. The predicted octanol–water partition coefficient (Wildman–Crippen LogP) is 4.12. The van der Waals surface area contributed by atoms with Gasteiger partial charge in [-0.05, 0) is 55.3 Å². The Bertz CT molecular complexity index is 1100. The van der Waals surface area contributed by atoms with E-state index in [0.29, 0.717) is 25.8 Å². The van der Waals surface area contributed by atoms with Crippen molar-refractivity contribution in [2.75, 3.05) is 31.6 Å². The normalized spacial score (nSPS) is 22.0. The van der Waals surface area contributed by atoms with Crippen molar-refractivity contribution >= 4 is 11.6 Å². The topological polar surface area (TPSA) is 55.2 Å². The number of ether oxygens (including phenoxy) is 1. The van der Waals surface area contributed by atoms with Crippen LogP contribution in [0.25, 0.3) is 5.69 Å². The summed E-state index contributed by atoms with van der Waals surface area (Å²) in [4.78, 5) is 6.37. The Morgan fingerprint density at radius 1 is 1.06 bits per heavy atom. The molecule has 2 atom stereocenters. The third-order valence-electron chi connectivity index (χ3n) is 6.10. The summed E-state index contributed by atoms with van der Waals surface area (Å²) in [6.45, 7) is 4.62. The Balaban J connectivity index is 1.32. The molecule has 0 aliphatic carbocycles. The van der Waals surface area contributed by atoms with Gasteiger partial charge in [0, 0.05) is 24.2 Å². The second kappa shape index (κ2) is 8.55. The van der Waals surface area contributed by atoms with Crippen LogP contribution in [0, 0.1) is 18.6 Å². The van der Waals surface area contributed by atoms with Gasteiger partial charge in [0.1, 0.15) is 24.1 Å². The average Bonchev–Trinajstić information content (AvgIpc) is 3.14. The Morgan fingerprint density at radius 3 is 2.53 bits per heavy atom. The molecule has 0 radical (unpaired) electrons. The number of aryl methyl sites for hydroxylation is 1. The number of nitrogens with zero attached hydrogens (tertiary/aromatic N) is 4. The standard InChI is InChI=1S/C23H24F3N5O/c1-14-4-15(21-2-3-30(10-22(21)26)20-11-32-12-20)6-18(5-14)28-23-27-13-31(29-23)19-8-16(24)7-17(25)9-19/h4-9,13,20-22H,2-3,10-12H2,1H3,(H,28,29)/t21-,22?/m0/s1.